The van der Waals surface area contributed by atoms with E-state index in [0.717, 1.165) is 31.0 Å². The van der Waals surface area contributed by atoms with E-state index in [1.54, 1.807) is 6.20 Å². The Bertz CT molecular complexity index is 371. The molecule has 0 spiro atoms. The molecule has 2 atom stereocenters. The van der Waals surface area contributed by atoms with Crippen LogP contribution in [0.25, 0.3) is 0 Å². The summed E-state index contributed by atoms with van der Waals surface area (Å²) in [7, 11) is 0. The highest BCUT2D eigenvalue weighted by Gasteiger charge is 2.28. The lowest BCUT2D eigenvalue weighted by molar-refractivity contribution is 0.0295. The normalized spacial score (nSPS) is 25.0. The zero-order chi connectivity index (χ0) is 12.3. The van der Waals surface area contributed by atoms with Gasteiger partial charge in [0.1, 0.15) is 0 Å². The van der Waals surface area contributed by atoms with Gasteiger partial charge in [0.05, 0.1) is 24.9 Å². The van der Waals surface area contributed by atoms with Gasteiger partial charge in [-0.15, -0.1) is 5.10 Å². The van der Waals surface area contributed by atoms with Gasteiger partial charge in [-0.25, -0.2) is 0 Å². The van der Waals surface area contributed by atoms with Gasteiger partial charge in [0.15, 0.2) is 5.82 Å². The third-order valence-electron chi connectivity index (χ3n) is 3.21. The van der Waals surface area contributed by atoms with E-state index in [-0.39, 0.29) is 6.10 Å². The van der Waals surface area contributed by atoms with Gasteiger partial charge in [-0.05, 0) is 19.4 Å². The Morgan fingerprint density at radius 1 is 1.59 bits per heavy atom. The number of nitrogens with two attached hydrogens (primary N) is 1. The van der Waals surface area contributed by atoms with Crippen molar-refractivity contribution in [3.8, 4) is 0 Å². The van der Waals surface area contributed by atoms with Crippen LogP contribution < -0.4 is 10.6 Å². The van der Waals surface area contributed by atoms with Crippen molar-refractivity contribution in [1.82, 2.24) is 10.2 Å². The van der Waals surface area contributed by atoms with E-state index in [1.807, 2.05) is 6.07 Å². The highest BCUT2D eigenvalue weighted by Crippen LogP contribution is 2.23. The first-order valence-corrected chi connectivity index (χ1v) is 6.15. The van der Waals surface area contributed by atoms with Crippen molar-refractivity contribution in [3.63, 3.8) is 0 Å². The SMILES string of the molecule is CCC1COC(C)CN1c1nnccc1CN. The van der Waals surface area contributed by atoms with Gasteiger partial charge < -0.3 is 15.4 Å². The lowest BCUT2D eigenvalue weighted by Gasteiger charge is -2.39. The van der Waals surface area contributed by atoms with Gasteiger partial charge in [-0.3, -0.25) is 0 Å². The fourth-order valence-electron chi connectivity index (χ4n) is 2.19. The van der Waals surface area contributed by atoms with E-state index in [1.165, 1.54) is 0 Å². The van der Waals surface area contributed by atoms with Crippen LogP contribution in [-0.2, 0) is 11.3 Å². The lowest BCUT2D eigenvalue weighted by Crippen LogP contribution is -2.49. The summed E-state index contributed by atoms with van der Waals surface area (Å²) in [6.07, 6.45) is 2.95. The highest BCUT2D eigenvalue weighted by atomic mass is 16.5. The van der Waals surface area contributed by atoms with Crippen LogP contribution in [0.2, 0.25) is 0 Å². The van der Waals surface area contributed by atoms with E-state index >= 15 is 0 Å². The fourth-order valence-corrected chi connectivity index (χ4v) is 2.19. The Kier molecular flexibility index (Phi) is 3.91. The molecule has 2 unspecified atom stereocenters. The van der Waals surface area contributed by atoms with Crippen LogP contribution >= 0.6 is 0 Å². The van der Waals surface area contributed by atoms with E-state index < -0.39 is 0 Å². The number of hydrogen-bond donors (Lipinski definition) is 1. The zero-order valence-corrected chi connectivity index (χ0v) is 10.5. The maximum atomic E-state index is 5.75. The van der Waals surface area contributed by atoms with Crippen LogP contribution in [0.15, 0.2) is 12.3 Å². The Morgan fingerprint density at radius 3 is 3.12 bits per heavy atom. The first-order chi connectivity index (χ1) is 8.26. The average Bonchev–Trinajstić information content (AvgIpc) is 2.38. The molecule has 2 N–H and O–H groups in total. The highest BCUT2D eigenvalue weighted by molar-refractivity contribution is 5.47. The molecule has 0 saturated carbocycles. The number of nitrogens with zero attached hydrogens (tertiary/aromatic N) is 3. The van der Waals surface area contributed by atoms with Crippen LogP contribution in [0.3, 0.4) is 0 Å². The Hall–Kier alpha value is -1.20. The van der Waals surface area contributed by atoms with E-state index in [4.69, 9.17) is 10.5 Å². The van der Waals surface area contributed by atoms with E-state index in [0.29, 0.717) is 12.6 Å². The Morgan fingerprint density at radius 2 is 2.41 bits per heavy atom. The molecule has 94 valence electrons. The summed E-state index contributed by atoms with van der Waals surface area (Å²) in [5.41, 5.74) is 6.80. The molecule has 5 heteroatoms. The minimum Gasteiger partial charge on any atom is -0.375 e. The van der Waals surface area contributed by atoms with Gasteiger partial charge in [-0.1, -0.05) is 6.92 Å². The second kappa shape index (κ2) is 5.42. The number of rotatable bonds is 3. The summed E-state index contributed by atoms with van der Waals surface area (Å²) in [5.74, 6) is 0.914. The topological polar surface area (TPSA) is 64.3 Å². The van der Waals surface area contributed by atoms with Crippen molar-refractivity contribution < 1.29 is 4.74 Å². The molecule has 1 aliphatic heterocycles. The molecule has 0 radical (unpaired) electrons. The molecule has 1 saturated heterocycles. The minimum absolute atomic E-state index is 0.227. The number of hydrogen-bond acceptors (Lipinski definition) is 5. The van der Waals surface area contributed by atoms with Gasteiger partial charge in [0, 0.05) is 18.7 Å². The predicted octanol–water partition coefficient (Wildman–Crippen LogP) is 0.939. The molecule has 1 aromatic rings. The van der Waals surface area contributed by atoms with Gasteiger partial charge in [0.2, 0.25) is 0 Å². The van der Waals surface area contributed by atoms with Crippen molar-refractivity contribution in [3.05, 3.63) is 17.8 Å². The molecule has 1 fully saturated rings. The van der Waals surface area contributed by atoms with Crippen molar-refractivity contribution in [2.24, 2.45) is 5.73 Å². The van der Waals surface area contributed by atoms with Crippen molar-refractivity contribution >= 4 is 5.82 Å². The van der Waals surface area contributed by atoms with Crippen LogP contribution in [0, 0.1) is 0 Å². The molecule has 17 heavy (non-hydrogen) atoms. The van der Waals surface area contributed by atoms with Crippen molar-refractivity contribution in [2.75, 3.05) is 18.1 Å². The van der Waals surface area contributed by atoms with Crippen molar-refractivity contribution in [2.45, 2.75) is 39.0 Å². The third kappa shape index (κ3) is 2.56. The standard InChI is InChI=1S/C12H20N4O/c1-3-11-8-17-9(2)7-16(11)12-10(6-13)4-5-14-15-12/h4-5,9,11H,3,6-8,13H2,1-2H3. The maximum absolute atomic E-state index is 5.75. The molecule has 5 nitrogen and oxygen atoms in total. The minimum atomic E-state index is 0.227. The smallest absolute Gasteiger partial charge is 0.156 e. The van der Waals surface area contributed by atoms with Gasteiger partial charge >= 0.3 is 0 Å². The van der Waals surface area contributed by atoms with Crippen LogP contribution in [0.4, 0.5) is 5.82 Å². The number of ether oxygens (including phenoxy) is 1. The summed E-state index contributed by atoms with van der Waals surface area (Å²) < 4.78 is 5.69. The van der Waals surface area contributed by atoms with Gasteiger partial charge in [-0.2, -0.15) is 5.10 Å². The second-order valence-corrected chi connectivity index (χ2v) is 4.44. The number of morpholine rings is 1. The quantitative estimate of drug-likeness (QED) is 0.846. The first-order valence-electron chi connectivity index (χ1n) is 6.15. The average molecular weight is 236 g/mol. The molecule has 0 bridgehead atoms. The summed E-state index contributed by atoms with van der Waals surface area (Å²) in [6.45, 7) is 6.34. The molecule has 0 aliphatic carbocycles. The monoisotopic (exact) mass is 236 g/mol. The Balaban J connectivity index is 2.28. The van der Waals surface area contributed by atoms with Crippen LogP contribution in [0.1, 0.15) is 25.8 Å². The van der Waals surface area contributed by atoms with Crippen LogP contribution in [-0.4, -0.2) is 35.5 Å². The fraction of sp³-hybridized carbons (Fsp3) is 0.667. The molecule has 2 rings (SSSR count). The van der Waals surface area contributed by atoms with Crippen LogP contribution in [0.5, 0.6) is 0 Å². The van der Waals surface area contributed by atoms with E-state index in [2.05, 4.69) is 28.9 Å². The number of anilines is 1. The summed E-state index contributed by atoms with van der Waals surface area (Å²) in [5, 5.41) is 8.22. The largest absolute Gasteiger partial charge is 0.375 e. The lowest BCUT2D eigenvalue weighted by atomic mass is 10.1. The Labute approximate surface area is 102 Å². The van der Waals surface area contributed by atoms with E-state index in [9.17, 15) is 0 Å². The maximum Gasteiger partial charge on any atom is 0.156 e. The third-order valence-corrected chi connectivity index (χ3v) is 3.21. The molecule has 1 aromatic heterocycles. The summed E-state index contributed by atoms with van der Waals surface area (Å²) >= 11 is 0. The predicted molar refractivity (Wildman–Crippen MR) is 66.8 cm³/mol. The molecular weight excluding hydrogens is 216 g/mol. The molecule has 0 amide bonds. The summed E-state index contributed by atoms with van der Waals surface area (Å²) in [6, 6.07) is 2.31. The molecule has 2 heterocycles. The molecule has 0 aromatic carbocycles. The second-order valence-electron chi connectivity index (χ2n) is 4.44. The molecule has 1 aliphatic rings. The first kappa shape index (κ1) is 12.3. The molecular formula is C12H20N4O. The number of aromatic nitrogens is 2. The van der Waals surface area contributed by atoms with Crippen molar-refractivity contribution in [1.29, 1.82) is 0 Å². The van der Waals surface area contributed by atoms with Gasteiger partial charge in [0.25, 0.3) is 0 Å². The summed E-state index contributed by atoms with van der Waals surface area (Å²) in [4.78, 5) is 2.28. The zero-order valence-electron chi connectivity index (χ0n) is 10.5.